The second kappa shape index (κ2) is 17.2. The maximum absolute atomic E-state index is 13.7. The number of nitrogens with zero attached hydrogens (tertiary/aromatic N) is 3. The Hall–Kier alpha value is -4.42. The lowest BCUT2D eigenvalue weighted by molar-refractivity contribution is -0.181. The molecule has 1 aromatic carbocycles. The van der Waals surface area contributed by atoms with Gasteiger partial charge in [0.05, 0.1) is 12.3 Å². The molecule has 3 amide bonds. The molecule has 6 atom stereocenters. The number of amides is 3. The summed E-state index contributed by atoms with van der Waals surface area (Å²) in [4.78, 5) is 43.4. The van der Waals surface area contributed by atoms with Crippen molar-refractivity contribution in [3.05, 3.63) is 59.8 Å². The van der Waals surface area contributed by atoms with Crippen LogP contribution in [-0.2, 0) is 30.2 Å². The first-order valence-electron chi connectivity index (χ1n) is 18.5. The molecular weight excluding hydrogens is 719 g/mol. The van der Waals surface area contributed by atoms with Gasteiger partial charge < -0.3 is 50.2 Å². The second-order valence-electron chi connectivity index (χ2n) is 16.2. The normalized spacial score (nSPS) is 22.4. The fraction of sp³-hybridized carbons (Fsp3) is 0.605. The Morgan fingerprint density at radius 1 is 1.00 bits per heavy atom. The molecule has 0 bridgehead atoms. The molecule has 1 saturated carbocycles. The van der Waals surface area contributed by atoms with Crippen LogP contribution in [0.4, 0.5) is 19.8 Å². The molecule has 3 heterocycles. The summed E-state index contributed by atoms with van der Waals surface area (Å²) < 4.78 is 37.9. The van der Waals surface area contributed by atoms with E-state index in [0.717, 1.165) is 19.3 Å². The molecule has 2 aliphatic rings. The molecule has 17 heteroatoms. The Bertz CT molecular complexity index is 1790. The lowest BCUT2D eigenvalue weighted by Crippen LogP contribution is -2.53. The number of anilines is 1. The van der Waals surface area contributed by atoms with Gasteiger partial charge in [-0.1, -0.05) is 31.4 Å². The molecule has 5 rings (SSSR count). The van der Waals surface area contributed by atoms with E-state index in [9.17, 15) is 34.1 Å². The van der Waals surface area contributed by atoms with E-state index in [2.05, 4.69) is 26.0 Å². The van der Waals surface area contributed by atoms with Gasteiger partial charge in [0, 0.05) is 18.4 Å². The van der Waals surface area contributed by atoms with E-state index in [1.807, 2.05) is 0 Å². The number of alkyl carbamates (subject to hydrolysis) is 2. The minimum Gasteiger partial charge on any atom is -0.444 e. The SMILES string of the molecule is CC(C)(C)OC(=O)N[C@@H](Cc1ccc(F)cc1)C(=O)Nc1ncnn2c(C3OC(CO)[C@@H](OC(O)CC4(NC(=O)OC(C)(C)C)CCCCC4)[C@H]3O)ccc12. The first-order valence-corrected chi connectivity index (χ1v) is 18.5. The van der Waals surface area contributed by atoms with Crippen molar-refractivity contribution < 1.29 is 53.0 Å². The summed E-state index contributed by atoms with van der Waals surface area (Å²) in [7, 11) is 0. The molecule has 1 aliphatic carbocycles. The van der Waals surface area contributed by atoms with Crippen molar-refractivity contribution in [1.29, 1.82) is 0 Å². The van der Waals surface area contributed by atoms with Crippen molar-refractivity contribution in [3.63, 3.8) is 0 Å². The molecule has 1 saturated heterocycles. The highest BCUT2D eigenvalue weighted by Gasteiger charge is 2.48. The molecule has 0 spiro atoms. The predicted octanol–water partition coefficient (Wildman–Crippen LogP) is 4.06. The molecule has 3 aromatic rings. The van der Waals surface area contributed by atoms with Crippen LogP contribution >= 0.6 is 0 Å². The van der Waals surface area contributed by atoms with E-state index in [4.69, 9.17) is 18.9 Å². The maximum Gasteiger partial charge on any atom is 0.408 e. The van der Waals surface area contributed by atoms with Crippen LogP contribution < -0.4 is 16.0 Å². The summed E-state index contributed by atoms with van der Waals surface area (Å²) in [5, 5.41) is 45.5. The number of benzene rings is 1. The average molecular weight is 773 g/mol. The molecule has 2 aromatic heterocycles. The van der Waals surface area contributed by atoms with Gasteiger partial charge in [-0.25, -0.2) is 23.5 Å². The number of hydrogen-bond donors (Lipinski definition) is 6. The molecule has 55 heavy (non-hydrogen) atoms. The van der Waals surface area contributed by atoms with Gasteiger partial charge in [-0.3, -0.25) is 4.79 Å². The van der Waals surface area contributed by atoms with Crippen molar-refractivity contribution >= 4 is 29.4 Å². The fourth-order valence-corrected chi connectivity index (χ4v) is 6.98. The lowest BCUT2D eigenvalue weighted by Gasteiger charge is -2.40. The van der Waals surface area contributed by atoms with Crippen LogP contribution in [0.1, 0.15) is 97.4 Å². The zero-order valence-corrected chi connectivity index (χ0v) is 32.1. The summed E-state index contributed by atoms with van der Waals surface area (Å²) in [5.74, 6) is -1.02. The van der Waals surface area contributed by atoms with E-state index in [1.165, 1.54) is 35.1 Å². The van der Waals surface area contributed by atoms with E-state index in [0.29, 0.717) is 29.6 Å². The highest BCUT2D eigenvalue weighted by molar-refractivity contribution is 5.98. The number of halogens is 1. The van der Waals surface area contributed by atoms with Gasteiger partial charge in [0.25, 0.3) is 0 Å². The van der Waals surface area contributed by atoms with Crippen LogP contribution in [-0.4, -0.2) is 102 Å². The van der Waals surface area contributed by atoms with Gasteiger partial charge in [-0.05, 0) is 84.2 Å². The molecule has 302 valence electrons. The van der Waals surface area contributed by atoms with Crippen molar-refractivity contribution in [1.82, 2.24) is 25.2 Å². The van der Waals surface area contributed by atoms with E-state index < -0.39 is 84.0 Å². The Balaban J connectivity index is 1.31. The van der Waals surface area contributed by atoms with Gasteiger partial charge in [0.1, 0.15) is 59.3 Å². The number of carbonyl (C=O) groups excluding carboxylic acids is 3. The van der Waals surface area contributed by atoms with Crippen LogP contribution in [0.3, 0.4) is 0 Å². The molecule has 16 nitrogen and oxygen atoms in total. The second-order valence-corrected chi connectivity index (χ2v) is 16.2. The van der Waals surface area contributed by atoms with Crippen LogP contribution in [0.25, 0.3) is 5.52 Å². The summed E-state index contributed by atoms with van der Waals surface area (Å²) in [5.41, 5.74) is -1.11. The van der Waals surface area contributed by atoms with Gasteiger partial charge in [-0.15, -0.1) is 0 Å². The van der Waals surface area contributed by atoms with Crippen molar-refractivity contribution in [3.8, 4) is 0 Å². The highest BCUT2D eigenvalue weighted by Crippen LogP contribution is 2.38. The maximum atomic E-state index is 13.7. The van der Waals surface area contributed by atoms with Crippen LogP contribution in [0.15, 0.2) is 42.7 Å². The summed E-state index contributed by atoms with van der Waals surface area (Å²) in [6.07, 6.45) is -2.45. The van der Waals surface area contributed by atoms with E-state index >= 15 is 0 Å². The monoisotopic (exact) mass is 772 g/mol. The van der Waals surface area contributed by atoms with E-state index in [1.54, 1.807) is 53.7 Å². The zero-order chi connectivity index (χ0) is 40.1. The van der Waals surface area contributed by atoms with Crippen LogP contribution in [0.5, 0.6) is 0 Å². The predicted molar refractivity (Wildman–Crippen MR) is 196 cm³/mol. The van der Waals surface area contributed by atoms with Gasteiger partial charge in [0.2, 0.25) is 5.91 Å². The molecular formula is C38H53FN6O10. The number of aliphatic hydroxyl groups is 3. The Morgan fingerprint density at radius 2 is 1.65 bits per heavy atom. The third-order valence-corrected chi connectivity index (χ3v) is 9.35. The number of rotatable bonds is 12. The summed E-state index contributed by atoms with van der Waals surface area (Å²) in [6.45, 7) is 9.82. The fourth-order valence-electron chi connectivity index (χ4n) is 6.98. The van der Waals surface area contributed by atoms with E-state index in [-0.39, 0.29) is 18.7 Å². The number of fused-ring (bicyclic) bond motifs is 1. The highest BCUT2D eigenvalue weighted by atomic mass is 19.1. The number of aromatic nitrogens is 3. The smallest absolute Gasteiger partial charge is 0.408 e. The molecule has 6 N–H and O–H groups in total. The minimum atomic E-state index is -1.44. The largest absolute Gasteiger partial charge is 0.444 e. The van der Waals surface area contributed by atoms with Crippen molar-refractivity contribution in [2.24, 2.45) is 0 Å². The lowest BCUT2D eigenvalue weighted by atomic mass is 9.79. The van der Waals surface area contributed by atoms with Crippen LogP contribution in [0, 0.1) is 5.82 Å². The van der Waals surface area contributed by atoms with Crippen molar-refractivity contribution in [2.45, 2.75) is 140 Å². The zero-order valence-electron chi connectivity index (χ0n) is 32.1. The molecule has 2 fully saturated rings. The minimum absolute atomic E-state index is 0.00900. The number of hydrogen-bond acceptors (Lipinski definition) is 12. The van der Waals surface area contributed by atoms with Gasteiger partial charge >= 0.3 is 12.2 Å². The van der Waals surface area contributed by atoms with Gasteiger partial charge in [0.15, 0.2) is 12.1 Å². The third kappa shape index (κ3) is 11.1. The van der Waals surface area contributed by atoms with Crippen LogP contribution in [0.2, 0.25) is 0 Å². The summed E-state index contributed by atoms with van der Waals surface area (Å²) >= 11 is 0. The van der Waals surface area contributed by atoms with Gasteiger partial charge in [-0.2, -0.15) is 5.10 Å². The number of nitrogens with one attached hydrogen (secondary N) is 3. The Morgan fingerprint density at radius 3 is 2.29 bits per heavy atom. The van der Waals surface area contributed by atoms with Crippen molar-refractivity contribution in [2.75, 3.05) is 11.9 Å². The molecule has 3 unspecified atom stereocenters. The third-order valence-electron chi connectivity index (χ3n) is 9.35. The molecule has 0 radical (unpaired) electrons. The summed E-state index contributed by atoms with van der Waals surface area (Å²) in [6, 6.07) is 7.58. The standard InChI is InChI=1S/C38H53FN6O10/c1-36(2,3)54-34(50)42-24(18-22-10-12-23(39)13-11-22)33(49)43-32-26-15-14-25(45(26)41-21-40-32)30-29(48)31(27(20-46)52-30)53-28(47)19-38(16-8-7-9-17-38)44-35(51)55-37(4,5)6/h10-15,21,24,27-31,46-48H,7-9,16-20H2,1-6H3,(H,42,50)(H,44,51)(H,40,41,43,49)/t24-,27?,28?,29-,30?,31+/m0/s1. The molecule has 1 aliphatic heterocycles. The number of carbonyl (C=O) groups is 3. The average Bonchev–Trinajstić information content (AvgIpc) is 3.64. The Kier molecular flexibility index (Phi) is 13.0. The first kappa shape index (κ1) is 41.7. The first-order chi connectivity index (χ1) is 25.8. The Labute approximate surface area is 319 Å². The quantitative estimate of drug-likeness (QED) is 0.144. The topological polar surface area (TPSA) is 215 Å². The number of ether oxygens (including phenoxy) is 4. The number of aliphatic hydroxyl groups excluding tert-OH is 3.